The quantitative estimate of drug-likeness (QED) is 0.572. The molecule has 1 amide bonds. The van der Waals surface area contributed by atoms with Gasteiger partial charge in [-0.2, -0.15) is 0 Å². The third-order valence-corrected chi connectivity index (χ3v) is 6.17. The maximum atomic E-state index is 12.9. The predicted molar refractivity (Wildman–Crippen MR) is 125 cm³/mol. The van der Waals surface area contributed by atoms with Gasteiger partial charge in [-0.15, -0.1) is 0 Å². The average Bonchev–Trinajstić information content (AvgIpc) is 3.26. The summed E-state index contributed by atoms with van der Waals surface area (Å²) in [5, 5.41) is 11.1. The first-order valence-electron chi connectivity index (χ1n) is 10.2. The van der Waals surface area contributed by atoms with Gasteiger partial charge in [0.05, 0.1) is 10.5 Å². The molecule has 2 aromatic carbocycles. The molecule has 0 aliphatic carbocycles. The van der Waals surface area contributed by atoms with Crippen molar-refractivity contribution < 1.29 is 14.7 Å². The lowest BCUT2D eigenvalue weighted by atomic mass is 10.1. The molecule has 4 rings (SSSR count). The molecule has 0 unspecified atom stereocenters. The molecule has 1 saturated heterocycles. The summed E-state index contributed by atoms with van der Waals surface area (Å²) in [6, 6.07) is 15.0. The molecule has 0 atom stereocenters. The van der Waals surface area contributed by atoms with Crippen LogP contribution in [0.3, 0.4) is 0 Å². The Morgan fingerprint density at radius 3 is 2.71 bits per heavy atom. The fourth-order valence-electron chi connectivity index (χ4n) is 3.70. The van der Waals surface area contributed by atoms with Gasteiger partial charge in [0.25, 0.3) is 5.91 Å². The number of thioether (sulfide) groups is 1. The number of carbonyl (C=O) groups excluding carboxylic acids is 1. The van der Waals surface area contributed by atoms with Gasteiger partial charge in [0, 0.05) is 42.3 Å². The number of fused-ring (bicyclic) bond motifs is 1. The number of carbonyl (C=O) groups is 2. The first-order chi connectivity index (χ1) is 15.0. The van der Waals surface area contributed by atoms with Gasteiger partial charge in [-0.05, 0) is 55.4 Å². The molecule has 1 fully saturated rings. The average molecular weight is 434 g/mol. The van der Waals surface area contributed by atoms with Gasteiger partial charge in [-0.3, -0.25) is 14.7 Å². The lowest BCUT2D eigenvalue weighted by Gasteiger charge is -2.11. The number of amidine groups is 1. The number of rotatable bonds is 6. The number of benzene rings is 2. The third-order valence-electron chi connectivity index (χ3n) is 5.13. The number of para-hydroxylation sites is 1. The van der Waals surface area contributed by atoms with Crippen molar-refractivity contribution in [2.75, 3.05) is 13.1 Å². The van der Waals surface area contributed by atoms with Gasteiger partial charge in [0.1, 0.15) is 0 Å². The minimum Gasteiger partial charge on any atom is -0.478 e. The molecule has 3 aromatic rings. The number of hydrogen-bond donors (Lipinski definition) is 1. The molecule has 6 nitrogen and oxygen atoms in total. The van der Waals surface area contributed by atoms with Crippen LogP contribution in [0.4, 0.5) is 0 Å². The van der Waals surface area contributed by atoms with E-state index in [9.17, 15) is 14.7 Å². The Labute approximate surface area is 184 Å². The van der Waals surface area contributed by atoms with Crippen molar-refractivity contribution in [3.05, 3.63) is 76.3 Å². The second-order valence-corrected chi connectivity index (χ2v) is 8.16. The minimum absolute atomic E-state index is 0.0225. The Morgan fingerprint density at radius 2 is 1.97 bits per heavy atom. The zero-order chi connectivity index (χ0) is 22.0. The summed E-state index contributed by atoms with van der Waals surface area (Å²) < 4.78 is 2.09. The first kappa shape index (κ1) is 20.9. The van der Waals surface area contributed by atoms with Crippen LogP contribution in [0, 0.1) is 0 Å². The molecule has 1 aliphatic rings. The van der Waals surface area contributed by atoms with Crippen LogP contribution in [0.25, 0.3) is 17.0 Å². The summed E-state index contributed by atoms with van der Waals surface area (Å²) in [7, 11) is 0. The van der Waals surface area contributed by atoms with Crippen LogP contribution >= 0.6 is 11.8 Å². The number of hydrogen-bond acceptors (Lipinski definition) is 4. The van der Waals surface area contributed by atoms with Crippen LogP contribution in [0.5, 0.6) is 0 Å². The van der Waals surface area contributed by atoms with E-state index in [0.717, 1.165) is 27.2 Å². The minimum atomic E-state index is -0.938. The number of nitrogens with zero attached hydrogens (tertiary/aromatic N) is 3. The van der Waals surface area contributed by atoms with Crippen LogP contribution in [0.15, 0.2) is 64.6 Å². The Morgan fingerprint density at radius 1 is 1.16 bits per heavy atom. The number of carboxylic acids is 1. The van der Waals surface area contributed by atoms with E-state index in [1.165, 1.54) is 11.8 Å². The Bertz CT molecular complexity index is 1230. The molecule has 0 bridgehead atoms. The fourth-order valence-corrected chi connectivity index (χ4v) is 4.80. The summed E-state index contributed by atoms with van der Waals surface area (Å²) in [5.74, 6) is -0.961. The van der Waals surface area contributed by atoms with Crippen LogP contribution in [-0.4, -0.2) is 44.7 Å². The third kappa shape index (κ3) is 4.14. The number of likely N-dealkylation sites (N-methyl/N-ethyl adjacent to an activating group) is 1. The fraction of sp³-hybridized carbons (Fsp3) is 0.208. The molecule has 0 saturated carbocycles. The van der Waals surface area contributed by atoms with Crippen molar-refractivity contribution in [3.8, 4) is 0 Å². The zero-order valence-electron chi connectivity index (χ0n) is 17.4. The summed E-state index contributed by atoms with van der Waals surface area (Å²) in [6.07, 6.45) is 3.95. The zero-order valence-corrected chi connectivity index (χ0v) is 18.2. The number of aliphatic imine (C=N–C) groups is 1. The van der Waals surface area contributed by atoms with Gasteiger partial charge < -0.3 is 9.67 Å². The molecule has 31 heavy (non-hydrogen) atoms. The van der Waals surface area contributed by atoms with Crippen molar-refractivity contribution in [2.24, 2.45) is 4.99 Å². The van der Waals surface area contributed by atoms with Crippen molar-refractivity contribution in [1.82, 2.24) is 9.47 Å². The normalized spacial score (nSPS) is 16.7. The first-order valence-corrected chi connectivity index (χ1v) is 11.0. The Balaban J connectivity index is 1.73. The number of carboxylic acid groups (broad SMARTS) is 1. The molecule has 1 aliphatic heterocycles. The molecule has 158 valence electrons. The van der Waals surface area contributed by atoms with Crippen LogP contribution in [0.1, 0.15) is 35.3 Å². The van der Waals surface area contributed by atoms with Gasteiger partial charge in [-0.1, -0.05) is 30.3 Å². The Kier molecular flexibility index (Phi) is 5.95. The van der Waals surface area contributed by atoms with E-state index in [1.54, 1.807) is 23.1 Å². The molecular weight excluding hydrogens is 410 g/mol. The van der Waals surface area contributed by atoms with Gasteiger partial charge >= 0.3 is 5.97 Å². The maximum absolute atomic E-state index is 12.9. The highest BCUT2D eigenvalue weighted by atomic mass is 32.2. The van der Waals surface area contributed by atoms with Crippen LogP contribution in [-0.2, 0) is 11.3 Å². The Hall–Kier alpha value is -3.32. The molecule has 2 heterocycles. The van der Waals surface area contributed by atoms with Crippen molar-refractivity contribution >= 4 is 45.8 Å². The second-order valence-electron chi connectivity index (χ2n) is 7.15. The van der Waals surface area contributed by atoms with Crippen LogP contribution < -0.4 is 0 Å². The van der Waals surface area contributed by atoms with Gasteiger partial charge in [0.2, 0.25) is 0 Å². The van der Waals surface area contributed by atoms with Crippen molar-refractivity contribution in [1.29, 1.82) is 0 Å². The highest BCUT2D eigenvalue weighted by Gasteiger charge is 2.32. The number of aromatic nitrogens is 1. The summed E-state index contributed by atoms with van der Waals surface area (Å²) >= 11 is 1.41. The predicted octanol–water partition coefficient (Wildman–Crippen LogP) is 4.70. The smallest absolute Gasteiger partial charge is 0.335 e. The summed E-state index contributed by atoms with van der Waals surface area (Å²) in [5.41, 5.74) is 3.15. The highest BCUT2D eigenvalue weighted by molar-refractivity contribution is 8.18. The lowest BCUT2D eigenvalue weighted by Crippen LogP contribution is -2.28. The molecule has 7 heteroatoms. The molecule has 0 spiro atoms. The van der Waals surface area contributed by atoms with Crippen LogP contribution in [0.2, 0.25) is 0 Å². The molecule has 1 N–H and O–H groups in total. The highest BCUT2D eigenvalue weighted by Crippen LogP contribution is 2.34. The number of amides is 1. The van der Waals surface area contributed by atoms with Gasteiger partial charge in [-0.25, -0.2) is 4.79 Å². The SMILES string of the molecule is CCN=C1S/C(=C\c2cn(Cc3cccc(C(=O)O)c3)c3ccccc23)C(=O)N1CC. The van der Waals surface area contributed by atoms with E-state index < -0.39 is 5.97 Å². The molecule has 0 radical (unpaired) electrons. The topological polar surface area (TPSA) is 74.9 Å². The van der Waals surface area contributed by atoms with E-state index in [4.69, 9.17) is 0 Å². The molecular formula is C24H23N3O3S. The lowest BCUT2D eigenvalue weighted by molar-refractivity contribution is -0.122. The standard InChI is InChI=1S/C24H23N3O3S/c1-3-25-24-27(4-2)22(28)21(31-24)13-18-15-26(20-11-6-5-10-19(18)20)14-16-8-7-9-17(12-16)23(29)30/h5-13,15H,3-4,14H2,1-2H3,(H,29,30)/b21-13-,25-24?. The largest absolute Gasteiger partial charge is 0.478 e. The second kappa shape index (κ2) is 8.81. The monoisotopic (exact) mass is 433 g/mol. The van der Waals surface area contributed by atoms with E-state index in [-0.39, 0.29) is 11.5 Å². The molecule has 1 aromatic heterocycles. The maximum Gasteiger partial charge on any atom is 0.335 e. The van der Waals surface area contributed by atoms with Crippen molar-refractivity contribution in [2.45, 2.75) is 20.4 Å². The van der Waals surface area contributed by atoms with E-state index in [2.05, 4.69) is 9.56 Å². The van der Waals surface area contributed by atoms with E-state index in [1.807, 2.05) is 56.5 Å². The summed E-state index contributed by atoms with van der Waals surface area (Å²) in [4.78, 5) is 31.0. The van der Waals surface area contributed by atoms with E-state index in [0.29, 0.717) is 24.5 Å². The number of aromatic carboxylic acids is 1. The van der Waals surface area contributed by atoms with Crippen molar-refractivity contribution in [3.63, 3.8) is 0 Å². The van der Waals surface area contributed by atoms with E-state index >= 15 is 0 Å². The summed E-state index contributed by atoms with van der Waals surface area (Å²) in [6.45, 7) is 5.66. The van der Waals surface area contributed by atoms with Gasteiger partial charge in [0.15, 0.2) is 5.17 Å².